The standard InChI is InChI=1S/C13H26N2O4/c16-12(17)8-4-2-1-3-6-10-14-15-11-7-5-9-13(18)19/h14-15H,1-11H2,(H,16,17)(H,18,19). The van der Waals surface area contributed by atoms with Gasteiger partial charge in [0.25, 0.3) is 0 Å². The highest BCUT2D eigenvalue weighted by molar-refractivity contribution is 5.66. The van der Waals surface area contributed by atoms with Gasteiger partial charge in [-0.1, -0.05) is 19.3 Å². The van der Waals surface area contributed by atoms with Crippen molar-refractivity contribution in [3.63, 3.8) is 0 Å². The molecule has 0 rings (SSSR count). The van der Waals surface area contributed by atoms with E-state index in [0.717, 1.165) is 51.6 Å². The number of carboxylic acid groups (broad SMARTS) is 2. The van der Waals surface area contributed by atoms with E-state index in [1.165, 1.54) is 0 Å². The summed E-state index contributed by atoms with van der Waals surface area (Å²) in [6.07, 6.45) is 7.06. The van der Waals surface area contributed by atoms with E-state index < -0.39 is 11.9 Å². The number of unbranched alkanes of at least 4 members (excludes halogenated alkanes) is 5. The summed E-state index contributed by atoms with van der Waals surface area (Å²) >= 11 is 0. The van der Waals surface area contributed by atoms with Crippen LogP contribution in [0.4, 0.5) is 0 Å². The molecule has 19 heavy (non-hydrogen) atoms. The van der Waals surface area contributed by atoms with Crippen molar-refractivity contribution in [2.24, 2.45) is 0 Å². The molecule has 0 spiro atoms. The molecule has 0 aliphatic heterocycles. The molecule has 0 radical (unpaired) electrons. The Morgan fingerprint density at radius 3 is 1.53 bits per heavy atom. The summed E-state index contributed by atoms with van der Waals surface area (Å²) < 4.78 is 0. The molecule has 6 heteroatoms. The Kier molecular flexibility index (Phi) is 12.5. The van der Waals surface area contributed by atoms with E-state index in [-0.39, 0.29) is 12.8 Å². The van der Waals surface area contributed by atoms with Gasteiger partial charge in [0.2, 0.25) is 0 Å². The van der Waals surface area contributed by atoms with Gasteiger partial charge >= 0.3 is 11.9 Å². The first kappa shape index (κ1) is 17.9. The normalized spacial score (nSPS) is 10.5. The molecule has 0 unspecified atom stereocenters. The van der Waals surface area contributed by atoms with Gasteiger partial charge in [0.1, 0.15) is 0 Å². The number of rotatable bonds is 14. The fraction of sp³-hybridized carbons (Fsp3) is 0.846. The van der Waals surface area contributed by atoms with Gasteiger partial charge in [0, 0.05) is 25.9 Å². The molecule has 0 aromatic heterocycles. The molecule has 0 heterocycles. The SMILES string of the molecule is O=C(O)CCCCCCCNNCCCCC(=O)O. The highest BCUT2D eigenvalue weighted by Gasteiger charge is 1.97. The van der Waals surface area contributed by atoms with Gasteiger partial charge < -0.3 is 10.2 Å². The van der Waals surface area contributed by atoms with E-state index in [9.17, 15) is 9.59 Å². The lowest BCUT2D eigenvalue weighted by Gasteiger charge is -2.06. The number of carbonyl (C=O) groups is 2. The third kappa shape index (κ3) is 16.9. The Bertz CT molecular complexity index is 223. The topological polar surface area (TPSA) is 98.7 Å². The Labute approximate surface area is 114 Å². The van der Waals surface area contributed by atoms with Crippen molar-refractivity contribution in [2.75, 3.05) is 13.1 Å². The lowest BCUT2D eigenvalue weighted by molar-refractivity contribution is -0.138. The van der Waals surface area contributed by atoms with Crippen LogP contribution in [0.2, 0.25) is 0 Å². The molecular weight excluding hydrogens is 248 g/mol. The highest BCUT2D eigenvalue weighted by Crippen LogP contribution is 2.04. The Hall–Kier alpha value is -1.14. The minimum absolute atomic E-state index is 0.234. The third-order valence-corrected chi connectivity index (χ3v) is 2.76. The Morgan fingerprint density at radius 2 is 1.00 bits per heavy atom. The molecule has 6 nitrogen and oxygen atoms in total. The second-order valence-electron chi connectivity index (χ2n) is 4.62. The lowest BCUT2D eigenvalue weighted by atomic mass is 10.1. The van der Waals surface area contributed by atoms with Crippen LogP contribution in [0, 0.1) is 0 Å². The summed E-state index contributed by atoms with van der Waals surface area (Å²) in [5.41, 5.74) is 6.15. The molecule has 0 atom stereocenters. The summed E-state index contributed by atoms with van der Waals surface area (Å²) in [5.74, 6) is -1.45. The minimum Gasteiger partial charge on any atom is -0.481 e. The second-order valence-corrected chi connectivity index (χ2v) is 4.62. The Balaban J connectivity index is 2.99. The molecule has 0 fully saturated rings. The first-order valence-corrected chi connectivity index (χ1v) is 7.02. The number of hydrogen-bond acceptors (Lipinski definition) is 4. The van der Waals surface area contributed by atoms with Crippen LogP contribution in [0.25, 0.3) is 0 Å². The summed E-state index contributed by atoms with van der Waals surface area (Å²) in [6.45, 7) is 1.67. The molecule has 0 amide bonds. The molecule has 0 bridgehead atoms. The predicted octanol–water partition coefficient (Wildman–Crippen LogP) is 1.76. The maximum atomic E-state index is 10.3. The van der Waals surface area contributed by atoms with E-state index >= 15 is 0 Å². The van der Waals surface area contributed by atoms with Gasteiger partial charge in [-0.15, -0.1) is 0 Å². The van der Waals surface area contributed by atoms with Crippen molar-refractivity contribution in [3.05, 3.63) is 0 Å². The van der Waals surface area contributed by atoms with Gasteiger partial charge in [-0.2, -0.15) is 0 Å². The zero-order valence-corrected chi connectivity index (χ0v) is 11.5. The van der Waals surface area contributed by atoms with Crippen molar-refractivity contribution in [2.45, 2.75) is 57.8 Å². The maximum absolute atomic E-state index is 10.3. The molecule has 0 saturated carbocycles. The molecule has 0 aromatic carbocycles. The zero-order chi connectivity index (χ0) is 14.3. The quantitative estimate of drug-likeness (QED) is 0.284. The van der Waals surface area contributed by atoms with Crippen LogP contribution >= 0.6 is 0 Å². The number of hydrogen-bond donors (Lipinski definition) is 4. The number of nitrogens with one attached hydrogen (secondary N) is 2. The molecular formula is C13H26N2O4. The Morgan fingerprint density at radius 1 is 0.632 bits per heavy atom. The summed E-state index contributed by atoms with van der Waals surface area (Å²) in [5, 5.41) is 16.9. The molecule has 0 aliphatic carbocycles. The van der Waals surface area contributed by atoms with Gasteiger partial charge in [0.05, 0.1) is 0 Å². The molecule has 0 aromatic rings. The van der Waals surface area contributed by atoms with E-state index in [2.05, 4.69) is 10.9 Å². The lowest BCUT2D eigenvalue weighted by Crippen LogP contribution is -2.33. The highest BCUT2D eigenvalue weighted by atomic mass is 16.4. The van der Waals surface area contributed by atoms with Crippen LogP contribution in [0.3, 0.4) is 0 Å². The first-order chi connectivity index (χ1) is 9.13. The third-order valence-electron chi connectivity index (χ3n) is 2.76. The van der Waals surface area contributed by atoms with E-state index in [4.69, 9.17) is 10.2 Å². The summed E-state index contributed by atoms with van der Waals surface area (Å²) in [4.78, 5) is 20.5. The molecule has 112 valence electrons. The summed E-state index contributed by atoms with van der Waals surface area (Å²) in [6, 6.07) is 0. The van der Waals surface area contributed by atoms with Crippen molar-refractivity contribution < 1.29 is 19.8 Å². The van der Waals surface area contributed by atoms with Crippen molar-refractivity contribution in [3.8, 4) is 0 Å². The largest absolute Gasteiger partial charge is 0.481 e. The van der Waals surface area contributed by atoms with Crippen molar-refractivity contribution in [1.29, 1.82) is 0 Å². The van der Waals surface area contributed by atoms with Crippen molar-refractivity contribution >= 4 is 11.9 Å². The van der Waals surface area contributed by atoms with Crippen LogP contribution in [-0.4, -0.2) is 35.2 Å². The number of aliphatic carboxylic acids is 2. The van der Waals surface area contributed by atoms with Gasteiger partial charge in [-0.25, -0.2) is 0 Å². The number of carboxylic acids is 2. The average molecular weight is 274 g/mol. The fourth-order valence-electron chi connectivity index (χ4n) is 1.69. The van der Waals surface area contributed by atoms with Crippen molar-refractivity contribution in [1.82, 2.24) is 10.9 Å². The van der Waals surface area contributed by atoms with Crippen LogP contribution in [-0.2, 0) is 9.59 Å². The van der Waals surface area contributed by atoms with E-state index in [1.807, 2.05) is 0 Å². The predicted molar refractivity (Wildman–Crippen MR) is 72.8 cm³/mol. The molecule has 0 saturated heterocycles. The fourth-order valence-corrected chi connectivity index (χ4v) is 1.69. The molecule has 4 N–H and O–H groups in total. The van der Waals surface area contributed by atoms with Crippen LogP contribution < -0.4 is 10.9 Å². The smallest absolute Gasteiger partial charge is 0.303 e. The minimum atomic E-state index is -0.740. The first-order valence-electron chi connectivity index (χ1n) is 7.02. The van der Waals surface area contributed by atoms with E-state index in [0.29, 0.717) is 6.42 Å². The van der Waals surface area contributed by atoms with Gasteiger partial charge in [0.15, 0.2) is 0 Å². The van der Waals surface area contributed by atoms with E-state index in [1.54, 1.807) is 0 Å². The second kappa shape index (κ2) is 13.3. The maximum Gasteiger partial charge on any atom is 0.303 e. The average Bonchev–Trinajstić information content (AvgIpc) is 2.34. The number of hydrazine groups is 1. The van der Waals surface area contributed by atoms with Crippen LogP contribution in [0.15, 0.2) is 0 Å². The molecule has 0 aliphatic rings. The van der Waals surface area contributed by atoms with Crippen LogP contribution in [0.5, 0.6) is 0 Å². The zero-order valence-electron chi connectivity index (χ0n) is 11.5. The van der Waals surface area contributed by atoms with Gasteiger partial charge in [-0.3, -0.25) is 20.4 Å². The monoisotopic (exact) mass is 274 g/mol. The summed E-state index contributed by atoms with van der Waals surface area (Å²) in [7, 11) is 0. The van der Waals surface area contributed by atoms with Crippen LogP contribution in [0.1, 0.15) is 57.8 Å². The van der Waals surface area contributed by atoms with Gasteiger partial charge in [-0.05, 0) is 25.7 Å².